The van der Waals surface area contributed by atoms with Crippen LogP contribution in [0.5, 0.6) is 0 Å². The summed E-state index contributed by atoms with van der Waals surface area (Å²) < 4.78 is 5.97. The molecule has 170 valence electrons. The van der Waals surface area contributed by atoms with Crippen molar-refractivity contribution in [3.05, 3.63) is 88.5 Å². The number of ether oxygens (including phenoxy) is 1. The van der Waals surface area contributed by atoms with Gasteiger partial charge < -0.3 is 10.1 Å². The van der Waals surface area contributed by atoms with Gasteiger partial charge in [-0.25, -0.2) is 4.79 Å². The Morgan fingerprint density at radius 3 is 2.42 bits per heavy atom. The summed E-state index contributed by atoms with van der Waals surface area (Å²) in [6.45, 7) is 1.92. The fourth-order valence-corrected chi connectivity index (χ4v) is 5.56. The Bertz CT molecular complexity index is 1100. The zero-order valence-corrected chi connectivity index (χ0v) is 19.0. The maximum Gasteiger partial charge on any atom is 0.337 e. The van der Waals surface area contributed by atoms with E-state index >= 15 is 0 Å². The number of pyridine rings is 1. The fraction of sp³-hybridized carbons (Fsp3) is 0.393. The Morgan fingerprint density at radius 2 is 1.70 bits per heavy atom. The number of nitrogens with one attached hydrogen (secondary N) is 1. The van der Waals surface area contributed by atoms with Crippen LogP contribution in [0.3, 0.4) is 0 Å². The summed E-state index contributed by atoms with van der Waals surface area (Å²) in [6, 6.07) is 14.0. The summed E-state index contributed by atoms with van der Waals surface area (Å²) in [4.78, 5) is 31.2. The van der Waals surface area contributed by atoms with E-state index in [1.807, 2.05) is 37.3 Å². The standard InChI is InChI=1S/C28H30N2O3/c1-18-25(28(32)33-22-10-6-3-7-11-22)26(20-12-14-29-15-13-20)27-23(30-18)16-21(17-24(27)31)19-8-4-2-5-9-19/h2,4-5,8-9,12-15,21-22,26,30H,3,6-7,10-11,16-17H2,1H3/t21-,26+/m1/s1. The quantitative estimate of drug-likeness (QED) is 0.649. The highest BCUT2D eigenvalue weighted by molar-refractivity contribution is 6.04. The van der Waals surface area contributed by atoms with Crippen LogP contribution in [0, 0.1) is 0 Å². The molecular formula is C28H30N2O3. The second kappa shape index (κ2) is 9.34. The third-order valence-corrected chi connectivity index (χ3v) is 7.18. The molecule has 0 amide bonds. The maximum atomic E-state index is 13.6. The average Bonchev–Trinajstić information content (AvgIpc) is 2.84. The topological polar surface area (TPSA) is 68.3 Å². The summed E-state index contributed by atoms with van der Waals surface area (Å²) in [7, 11) is 0. The molecule has 1 aliphatic heterocycles. The molecule has 0 unspecified atom stereocenters. The van der Waals surface area contributed by atoms with Crippen molar-refractivity contribution >= 4 is 11.8 Å². The Labute approximate surface area is 195 Å². The first-order chi connectivity index (χ1) is 16.1. The van der Waals surface area contributed by atoms with Gasteiger partial charge in [0.25, 0.3) is 0 Å². The van der Waals surface area contributed by atoms with Crippen LogP contribution < -0.4 is 5.32 Å². The number of benzene rings is 1. The molecule has 33 heavy (non-hydrogen) atoms. The van der Waals surface area contributed by atoms with Gasteiger partial charge in [-0.15, -0.1) is 0 Å². The summed E-state index contributed by atoms with van der Waals surface area (Å²) in [5.41, 5.74) is 5.03. The van der Waals surface area contributed by atoms with Crippen LogP contribution in [0.15, 0.2) is 77.4 Å². The van der Waals surface area contributed by atoms with Crippen LogP contribution in [0.4, 0.5) is 0 Å². The number of carbonyl (C=O) groups excluding carboxylic acids is 2. The minimum Gasteiger partial charge on any atom is -0.459 e. The number of hydrogen-bond acceptors (Lipinski definition) is 5. The third-order valence-electron chi connectivity index (χ3n) is 7.18. The lowest BCUT2D eigenvalue weighted by molar-refractivity contribution is -0.146. The highest BCUT2D eigenvalue weighted by Crippen LogP contribution is 2.45. The van der Waals surface area contributed by atoms with Gasteiger partial charge in [0, 0.05) is 41.7 Å². The van der Waals surface area contributed by atoms with Crippen molar-refractivity contribution in [3.63, 3.8) is 0 Å². The fourth-order valence-electron chi connectivity index (χ4n) is 5.56. The van der Waals surface area contributed by atoms with Crippen LogP contribution in [-0.2, 0) is 14.3 Å². The largest absolute Gasteiger partial charge is 0.459 e. The number of allylic oxidation sites excluding steroid dienone is 3. The normalized spacial score (nSPS) is 23.7. The van der Waals surface area contributed by atoms with E-state index in [9.17, 15) is 9.59 Å². The van der Waals surface area contributed by atoms with Gasteiger partial charge in [-0.05, 0) is 68.2 Å². The molecule has 3 aliphatic rings. The molecular weight excluding hydrogens is 412 g/mol. The molecule has 1 saturated carbocycles. The second-order valence-corrected chi connectivity index (χ2v) is 9.37. The smallest absolute Gasteiger partial charge is 0.337 e. The third kappa shape index (κ3) is 4.37. The Kier molecular flexibility index (Phi) is 6.12. The average molecular weight is 443 g/mol. The molecule has 0 spiro atoms. The van der Waals surface area contributed by atoms with Gasteiger partial charge in [-0.1, -0.05) is 36.8 Å². The number of Topliss-reactive ketones (excluding diaryl/α,β-unsaturated/α-hetero) is 1. The summed E-state index contributed by atoms with van der Waals surface area (Å²) in [5.74, 6) is -0.510. The SMILES string of the molecule is CC1=C(C(=O)OC2CCCCC2)[C@H](c2ccncc2)C2=C(C[C@@H](c3ccccc3)CC2=O)N1. The number of rotatable bonds is 4. The molecule has 1 fully saturated rings. The summed E-state index contributed by atoms with van der Waals surface area (Å²) in [5, 5.41) is 3.44. The van der Waals surface area contributed by atoms with Gasteiger partial charge in [0.1, 0.15) is 6.10 Å². The van der Waals surface area contributed by atoms with Crippen LogP contribution in [0.2, 0.25) is 0 Å². The van der Waals surface area contributed by atoms with E-state index in [1.165, 1.54) is 12.0 Å². The number of hydrogen-bond donors (Lipinski definition) is 1. The second-order valence-electron chi connectivity index (χ2n) is 9.37. The van der Waals surface area contributed by atoms with E-state index in [2.05, 4.69) is 22.4 Å². The highest BCUT2D eigenvalue weighted by atomic mass is 16.5. The van der Waals surface area contributed by atoms with Crippen LogP contribution >= 0.6 is 0 Å². The van der Waals surface area contributed by atoms with Gasteiger partial charge in [0.2, 0.25) is 0 Å². The minimum atomic E-state index is -0.426. The van der Waals surface area contributed by atoms with E-state index in [1.54, 1.807) is 12.4 Å². The van der Waals surface area contributed by atoms with Gasteiger partial charge in [-0.3, -0.25) is 9.78 Å². The minimum absolute atomic E-state index is 0.0375. The molecule has 1 N–H and O–H groups in total. The molecule has 2 aromatic rings. The summed E-state index contributed by atoms with van der Waals surface area (Å²) >= 11 is 0. The van der Waals surface area contributed by atoms with Crippen LogP contribution in [-0.4, -0.2) is 22.8 Å². The molecule has 1 aromatic carbocycles. The first-order valence-corrected chi connectivity index (χ1v) is 12.0. The predicted octanol–water partition coefficient (Wildman–Crippen LogP) is 5.32. The molecule has 2 aliphatic carbocycles. The van der Waals surface area contributed by atoms with Gasteiger partial charge in [0.15, 0.2) is 5.78 Å². The van der Waals surface area contributed by atoms with Crippen molar-refractivity contribution in [1.29, 1.82) is 0 Å². The van der Waals surface area contributed by atoms with Crippen molar-refractivity contribution in [1.82, 2.24) is 10.3 Å². The van der Waals surface area contributed by atoms with Crippen molar-refractivity contribution < 1.29 is 14.3 Å². The molecule has 5 heteroatoms. The lowest BCUT2D eigenvalue weighted by Crippen LogP contribution is -2.37. The van der Waals surface area contributed by atoms with Gasteiger partial charge in [0.05, 0.1) is 5.57 Å². The Hall–Kier alpha value is -3.21. The van der Waals surface area contributed by atoms with E-state index in [-0.39, 0.29) is 23.8 Å². The van der Waals surface area contributed by atoms with Crippen LogP contribution in [0.25, 0.3) is 0 Å². The molecule has 5 rings (SSSR count). The molecule has 1 aromatic heterocycles. The number of dihydropyridines is 1. The highest BCUT2D eigenvalue weighted by Gasteiger charge is 2.41. The van der Waals surface area contributed by atoms with Crippen molar-refractivity contribution in [2.45, 2.75) is 69.8 Å². The number of esters is 1. The molecule has 2 heterocycles. The lowest BCUT2D eigenvalue weighted by atomic mass is 9.72. The molecule has 0 bridgehead atoms. The molecule has 0 radical (unpaired) electrons. The van der Waals surface area contributed by atoms with Crippen molar-refractivity contribution in [2.75, 3.05) is 0 Å². The number of ketones is 1. The van der Waals surface area contributed by atoms with Crippen molar-refractivity contribution in [2.24, 2.45) is 0 Å². The monoisotopic (exact) mass is 442 g/mol. The Balaban J connectivity index is 1.51. The van der Waals surface area contributed by atoms with E-state index < -0.39 is 5.92 Å². The van der Waals surface area contributed by atoms with Gasteiger partial charge >= 0.3 is 5.97 Å². The maximum absolute atomic E-state index is 13.6. The number of nitrogens with zero attached hydrogens (tertiary/aromatic N) is 1. The predicted molar refractivity (Wildman–Crippen MR) is 126 cm³/mol. The van der Waals surface area contributed by atoms with E-state index in [0.717, 1.165) is 49.1 Å². The first-order valence-electron chi connectivity index (χ1n) is 12.0. The van der Waals surface area contributed by atoms with E-state index in [4.69, 9.17) is 4.74 Å². The first kappa shape index (κ1) is 21.6. The molecule has 0 saturated heterocycles. The van der Waals surface area contributed by atoms with Gasteiger partial charge in [-0.2, -0.15) is 0 Å². The number of carbonyl (C=O) groups is 2. The number of aromatic nitrogens is 1. The summed E-state index contributed by atoms with van der Waals surface area (Å²) in [6.07, 6.45) is 9.80. The Morgan fingerprint density at radius 1 is 0.970 bits per heavy atom. The van der Waals surface area contributed by atoms with Crippen molar-refractivity contribution in [3.8, 4) is 0 Å². The zero-order chi connectivity index (χ0) is 22.8. The lowest BCUT2D eigenvalue weighted by Gasteiger charge is -2.37. The zero-order valence-electron chi connectivity index (χ0n) is 19.0. The molecule has 2 atom stereocenters. The van der Waals surface area contributed by atoms with E-state index in [0.29, 0.717) is 17.6 Å². The van der Waals surface area contributed by atoms with Crippen LogP contribution in [0.1, 0.15) is 74.8 Å². The molecule has 5 nitrogen and oxygen atoms in total.